The first-order valence-electron chi connectivity index (χ1n) is 4.02. The molecule has 0 unspecified atom stereocenters. The van der Waals surface area contributed by atoms with Crippen LogP contribution in [0.2, 0.25) is 0 Å². The van der Waals surface area contributed by atoms with Gasteiger partial charge in [-0.1, -0.05) is 22.0 Å². The number of alkyl halides is 1. The number of fused-ring (bicyclic) bond motifs is 1. The zero-order chi connectivity index (χ0) is 10.1. The normalized spacial score (nSPS) is 10.6. The molecule has 2 rings (SSSR count). The summed E-state index contributed by atoms with van der Waals surface area (Å²) < 4.78 is 0.939. The molecule has 0 radical (unpaired) electrons. The number of hydrogen-bond acceptors (Lipinski definition) is 3. The van der Waals surface area contributed by atoms with E-state index >= 15 is 0 Å². The number of aromatic hydroxyl groups is 1. The molecule has 72 valence electrons. The lowest BCUT2D eigenvalue weighted by Crippen LogP contribution is -1.78. The third kappa shape index (κ3) is 1.44. The Bertz CT molecular complexity index is 490. The summed E-state index contributed by atoms with van der Waals surface area (Å²) in [5.41, 5.74) is 0.841. The van der Waals surface area contributed by atoms with Crippen LogP contribution in [0.5, 0.6) is 5.75 Å². The Morgan fingerprint density at radius 1 is 1.50 bits per heavy atom. The molecule has 1 aromatic heterocycles. The van der Waals surface area contributed by atoms with Gasteiger partial charge in [-0.05, 0) is 12.1 Å². The van der Waals surface area contributed by atoms with Gasteiger partial charge in [0.15, 0.2) is 6.29 Å². The molecule has 0 aliphatic heterocycles. The van der Waals surface area contributed by atoms with Gasteiger partial charge in [-0.25, -0.2) is 0 Å². The highest BCUT2D eigenvalue weighted by Crippen LogP contribution is 2.34. The quantitative estimate of drug-likeness (QED) is 0.672. The zero-order valence-electron chi connectivity index (χ0n) is 7.16. The summed E-state index contributed by atoms with van der Waals surface area (Å²) in [6, 6.07) is 5.50. The number of benzene rings is 1. The maximum absolute atomic E-state index is 10.6. The van der Waals surface area contributed by atoms with Crippen molar-refractivity contribution in [3.63, 3.8) is 0 Å². The van der Waals surface area contributed by atoms with Crippen molar-refractivity contribution in [1.82, 2.24) is 0 Å². The number of thiophene rings is 1. The molecule has 1 heterocycles. The fourth-order valence-electron chi connectivity index (χ4n) is 1.33. The minimum atomic E-state index is 0.267. The molecule has 0 aliphatic rings. The summed E-state index contributed by atoms with van der Waals surface area (Å²) in [5.74, 6) is 0.267. The maximum atomic E-state index is 10.6. The molecule has 0 aliphatic carbocycles. The highest BCUT2D eigenvalue weighted by molar-refractivity contribution is 9.08. The monoisotopic (exact) mass is 270 g/mol. The van der Waals surface area contributed by atoms with Crippen molar-refractivity contribution in [3.05, 3.63) is 28.6 Å². The highest BCUT2D eigenvalue weighted by Gasteiger charge is 2.08. The summed E-state index contributed by atoms with van der Waals surface area (Å²) in [6.07, 6.45) is 0.803. The van der Waals surface area contributed by atoms with E-state index in [0.717, 1.165) is 21.9 Å². The molecule has 1 N–H and O–H groups in total. The van der Waals surface area contributed by atoms with Gasteiger partial charge in [-0.3, -0.25) is 4.79 Å². The summed E-state index contributed by atoms with van der Waals surface area (Å²) in [6.45, 7) is 0. The molecule has 0 saturated carbocycles. The van der Waals surface area contributed by atoms with E-state index in [4.69, 9.17) is 0 Å². The second-order valence-corrected chi connectivity index (χ2v) is 4.56. The molecular formula is C10H7BrO2S. The lowest BCUT2D eigenvalue weighted by atomic mass is 10.1. The van der Waals surface area contributed by atoms with Crippen LogP contribution in [0.4, 0.5) is 0 Å². The van der Waals surface area contributed by atoms with Crippen LogP contribution in [0.25, 0.3) is 10.1 Å². The van der Waals surface area contributed by atoms with Crippen LogP contribution in [0.15, 0.2) is 18.2 Å². The van der Waals surface area contributed by atoms with Gasteiger partial charge < -0.3 is 5.11 Å². The second-order valence-electron chi connectivity index (χ2n) is 2.89. The Morgan fingerprint density at radius 2 is 2.29 bits per heavy atom. The molecule has 0 fully saturated rings. The van der Waals surface area contributed by atoms with E-state index in [-0.39, 0.29) is 5.75 Å². The number of rotatable bonds is 2. The van der Waals surface area contributed by atoms with E-state index in [0.29, 0.717) is 10.2 Å². The fraction of sp³-hybridized carbons (Fsp3) is 0.100. The Kier molecular flexibility index (Phi) is 2.56. The van der Waals surface area contributed by atoms with E-state index in [2.05, 4.69) is 15.9 Å². The molecule has 0 bridgehead atoms. The number of phenols is 1. The summed E-state index contributed by atoms with van der Waals surface area (Å²) >= 11 is 4.68. The van der Waals surface area contributed by atoms with Gasteiger partial charge in [-0.15, -0.1) is 11.3 Å². The molecule has 14 heavy (non-hydrogen) atoms. The lowest BCUT2D eigenvalue weighted by Gasteiger charge is -2.00. The second kappa shape index (κ2) is 3.71. The first-order chi connectivity index (χ1) is 6.76. The summed E-state index contributed by atoms with van der Waals surface area (Å²) in [4.78, 5) is 11.2. The van der Waals surface area contributed by atoms with E-state index in [1.807, 2.05) is 12.1 Å². The van der Waals surface area contributed by atoms with Gasteiger partial charge in [-0.2, -0.15) is 0 Å². The standard InChI is InChI=1S/C10H7BrO2S/c11-4-6-1-2-9-8(10(6)13)3-7(5-12)14-9/h1-3,5,13H,4H2. The van der Waals surface area contributed by atoms with Crippen LogP contribution in [0.3, 0.4) is 0 Å². The SMILES string of the molecule is O=Cc1cc2c(O)c(CBr)ccc2s1. The van der Waals surface area contributed by atoms with Crippen LogP contribution in [-0.2, 0) is 5.33 Å². The first-order valence-corrected chi connectivity index (χ1v) is 5.95. The van der Waals surface area contributed by atoms with Gasteiger partial charge >= 0.3 is 0 Å². The molecule has 0 saturated heterocycles. The average molecular weight is 271 g/mol. The van der Waals surface area contributed by atoms with E-state index < -0.39 is 0 Å². The predicted octanol–water partition coefficient (Wildman–Crippen LogP) is 3.31. The number of carbonyl (C=O) groups is 1. The largest absolute Gasteiger partial charge is 0.507 e. The van der Waals surface area contributed by atoms with E-state index in [9.17, 15) is 9.90 Å². The van der Waals surface area contributed by atoms with Gasteiger partial charge in [0.2, 0.25) is 0 Å². The van der Waals surface area contributed by atoms with Crippen LogP contribution in [-0.4, -0.2) is 11.4 Å². The topological polar surface area (TPSA) is 37.3 Å². The summed E-state index contributed by atoms with van der Waals surface area (Å²) in [7, 11) is 0. The minimum Gasteiger partial charge on any atom is -0.507 e. The number of carbonyl (C=O) groups excluding carboxylic acids is 1. The Labute approximate surface area is 93.3 Å². The fourth-order valence-corrected chi connectivity index (χ4v) is 2.66. The molecule has 0 atom stereocenters. The maximum Gasteiger partial charge on any atom is 0.160 e. The molecule has 1 aromatic carbocycles. The van der Waals surface area contributed by atoms with Gasteiger partial charge in [0.25, 0.3) is 0 Å². The van der Waals surface area contributed by atoms with Crippen molar-refractivity contribution in [2.75, 3.05) is 0 Å². The third-order valence-electron chi connectivity index (χ3n) is 2.04. The minimum absolute atomic E-state index is 0.267. The van der Waals surface area contributed by atoms with Crippen LogP contribution in [0, 0.1) is 0 Å². The average Bonchev–Trinajstić information content (AvgIpc) is 2.62. The Hall–Kier alpha value is -0.870. The van der Waals surface area contributed by atoms with Crippen LogP contribution >= 0.6 is 27.3 Å². The Balaban J connectivity index is 2.74. The smallest absolute Gasteiger partial charge is 0.160 e. The molecular weight excluding hydrogens is 264 g/mol. The highest BCUT2D eigenvalue weighted by atomic mass is 79.9. The van der Waals surface area contributed by atoms with Crippen molar-refractivity contribution in [1.29, 1.82) is 0 Å². The molecule has 4 heteroatoms. The molecule has 2 aromatic rings. The number of hydrogen-bond donors (Lipinski definition) is 1. The first kappa shape index (κ1) is 9.68. The molecule has 2 nitrogen and oxygen atoms in total. The number of halogens is 1. The third-order valence-corrected chi connectivity index (χ3v) is 3.66. The molecule has 0 amide bonds. The van der Waals surface area contributed by atoms with Crippen molar-refractivity contribution in [2.24, 2.45) is 0 Å². The lowest BCUT2D eigenvalue weighted by molar-refractivity contribution is 0.112. The number of phenolic OH excluding ortho intramolecular Hbond substituents is 1. The summed E-state index contributed by atoms with van der Waals surface area (Å²) in [5, 5.41) is 11.2. The van der Waals surface area contributed by atoms with Gasteiger partial charge in [0, 0.05) is 21.0 Å². The van der Waals surface area contributed by atoms with E-state index in [1.54, 1.807) is 6.07 Å². The van der Waals surface area contributed by atoms with Crippen molar-refractivity contribution < 1.29 is 9.90 Å². The van der Waals surface area contributed by atoms with Crippen molar-refractivity contribution in [3.8, 4) is 5.75 Å². The van der Waals surface area contributed by atoms with Crippen molar-refractivity contribution in [2.45, 2.75) is 5.33 Å². The van der Waals surface area contributed by atoms with Gasteiger partial charge in [0.05, 0.1) is 4.88 Å². The van der Waals surface area contributed by atoms with Gasteiger partial charge in [0.1, 0.15) is 5.75 Å². The van der Waals surface area contributed by atoms with Crippen LogP contribution in [0.1, 0.15) is 15.2 Å². The van der Waals surface area contributed by atoms with Crippen LogP contribution < -0.4 is 0 Å². The predicted molar refractivity (Wildman–Crippen MR) is 61.5 cm³/mol. The van der Waals surface area contributed by atoms with Crippen molar-refractivity contribution >= 4 is 43.6 Å². The number of aldehydes is 1. The van der Waals surface area contributed by atoms with E-state index in [1.165, 1.54) is 11.3 Å². The Morgan fingerprint density at radius 3 is 2.93 bits per heavy atom. The zero-order valence-corrected chi connectivity index (χ0v) is 9.56. The molecule has 0 spiro atoms.